The largest absolute Gasteiger partial charge is 0.492 e. The molecule has 0 aliphatic heterocycles. The molecule has 5 nitrogen and oxygen atoms in total. The standard InChI is InChI=1S/C18H20F3NO4S/c1-3-26-16-9-4-12(2)10-17(16)27(24,25)22-11-15(23)13-5-7-14(8-6-13)18(19,20)21/h4-10,15,22-23H,3,11H2,1-2H3. The molecule has 2 aromatic rings. The zero-order valence-electron chi connectivity index (χ0n) is 14.7. The number of nitrogens with one attached hydrogen (secondary N) is 1. The van der Waals surface area contributed by atoms with Gasteiger partial charge in [0.15, 0.2) is 0 Å². The van der Waals surface area contributed by atoms with Gasteiger partial charge < -0.3 is 9.84 Å². The molecule has 2 N–H and O–H groups in total. The zero-order valence-corrected chi connectivity index (χ0v) is 15.6. The summed E-state index contributed by atoms with van der Waals surface area (Å²) in [5.41, 5.74) is 0.0298. The van der Waals surface area contributed by atoms with Gasteiger partial charge in [-0.3, -0.25) is 0 Å². The van der Waals surface area contributed by atoms with Crippen LogP contribution in [0.2, 0.25) is 0 Å². The quantitative estimate of drug-likeness (QED) is 0.743. The predicted octanol–water partition coefficient (Wildman–Crippen LogP) is 3.42. The topological polar surface area (TPSA) is 75.6 Å². The van der Waals surface area contributed by atoms with Crippen LogP contribution >= 0.6 is 0 Å². The molecule has 0 saturated heterocycles. The second-order valence-corrected chi connectivity index (χ2v) is 7.61. The summed E-state index contributed by atoms with van der Waals surface area (Å²) in [5, 5.41) is 10.1. The lowest BCUT2D eigenvalue weighted by molar-refractivity contribution is -0.137. The number of rotatable bonds is 7. The number of benzene rings is 2. The maximum atomic E-state index is 12.6. The van der Waals surface area contributed by atoms with E-state index in [1.54, 1.807) is 26.0 Å². The lowest BCUT2D eigenvalue weighted by atomic mass is 10.1. The first-order valence-electron chi connectivity index (χ1n) is 8.13. The third-order valence-electron chi connectivity index (χ3n) is 3.78. The van der Waals surface area contributed by atoms with Crippen LogP contribution in [0.4, 0.5) is 13.2 Å². The molecule has 0 amide bonds. The molecule has 0 fully saturated rings. The molecule has 0 saturated carbocycles. The third-order valence-corrected chi connectivity index (χ3v) is 5.22. The van der Waals surface area contributed by atoms with Crippen molar-refractivity contribution in [3.8, 4) is 5.75 Å². The van der Waals surface area contributed by atoms with Crippen molar-refractivity contribution < 1.29 is 31.4 Å². The van der Waals surface area contributed by atoms with Gasteiger partial charge in [0.1, 0.15) is 10.6 Å². The molecule has 27 heavy (non-hydrogen) atoms. The number of aryl methyl sites for hydroxylation is 1. The highest BCUT2D eigenvalue weighted by Crippen LogP contribution is 2.30. The molecule has 1 atom stereocenters. The Kier molecular flexibility index (Phi) is 6.50. The fourth-order valence-corrected chi connectivity index (χ4v) is 3.64. The lowest BCUT2D eigenvalue weighted by Crippen LogP contribution is -2.29. The Bertz CT molecular complexity index is 880. The van der Waals surface area contributed by atoms with Crippen LogP contribution in [0, 0.1) is 6.92 Å². The van der Waals surface area contributed by atoms with Gasteiger partial charge in [-0.2, -0.15) is 13.2 Å². The number of aliphatic hydroxyl groups excluding tert-OH is 1. The Morgan fingerprint density at radius 1 is 1.15 bits per heavy atom. The summed E-state index contributed by atoms with van der Waals surface area (Å²) >= 11 is 0. The van der Waals surface area contributed by atoms with E-state index in [9.17, 15) is 26.7 Å². The lowest BCUT2D eigenvalue weighted by Gasteiger charge is -2.16. The molecule has 2 aromatic carbocycles. The van der Waals surface area contributed by atoms with Crippen LogP contribution in [-0.2, 0) is 16.2 Å². The molecular weight excluding hydrogens is 383 g/mol. The van der Waals surface area contributed by atoms with E-state index in [1.165, 1.54) is 6.07 Å². The van der Waals surface area contributed by atoms with Crippen molar-refractivity contribution in [2.24, 2.45) is 0 Å². The molecular formula is C18H20F3NO4S. The van der Waals surface area contributed by atoms with Crippen LogP contribution in [0.25, 0.3) is 0 Å². The van der Waals surface area contributed by atoms with E-state index < -0.39 is 34.4 Å². The van der Waals surface area contributed by atoms with Gasteiger partial charge in [-0.25, -0.2) is 13.1 Å². The minimum Gasteiger partial charge on any atom is -0.492 e. The summed E-state index contributed by atoms with van der Waals surface area (Å²) in [7, 11) is -3.99. The van der Waals surface area contributed by atoms with Crippen LogP contribution in [-0.4, -0.2) is 26.7 Å². The van der Waals surface area contributed by atoms with Crippen molar-refractivity contribution in [3.05, 3.63) is 59.2 Å². The number of aliphatic hydroxyl groups is 1. The first-order chi connectivity index (χ1) is 12.5. The number of ether oxygens (including phenoxy) is 1. The number of alkyl halides is 3. The highest BCUT2D eigenvalue weighted by molar-refractivity contribution is 7.89. The number of sulfonamides is 1. The molecule has 2 rings (SSSR count). The average molecular weight is 403 g/mol. The van der Waals surface area contributed by atoms with E-state index in [1.807, 2.05) is 0 Å². The molecule has 0 aliphatic carbocycles. The molecule has 0 heterocycles. The average Bonchev–Trinajstić information content (AvgIpc) is 2.61. The first-order valence-corrected chi connectivity index (χ1v) is 9.61. The van der Waals surface area contributed by atoms with Crippen molar-refractivity contribution in [1.82, 2.24) is 4.72 Å². The molecule has 0 spiro atoms. The number of halogens is 3. The third kappa shape index (κ3) is 5.44. The highest BCUT2D eigenvalue weighted by Gasteiger charge is 2.30. The van der Waals surface area contributed by atoms with E-state index in [0.717, 1.165) is 24.3 Å². The fourth-order valence-electron chi connectivity index (χ4n) is 2.38. The maximum Gasteiger partial charge on any atom is 0.416 e. The predicted molar refractivity (Wildman–Crippen MR) is 93.9 cm³/mol. The Hall–Kier alpha value is -2.10. The summed E-state index contributed by atoms with van der Waals surface area (Å²) in [5.74, 6) is 0.180. The normalized spacial score (nSPS) is 13.4. The second-order valence-electron chi connectivity index (χ2n) is 5.87. The molecule has 0 radical (unpaired) electrons. The van der Waals surface area contributed by atoms with Gasteiger partial charge in [-0.15, -0.1) is 0 Å². The SMILES string of the molecule is CCOc1ccc(C)cc1S(=O)(=O)NCC(O)c1ccc(C(F)(F)F)cc1. The van der Waals surface area contributed by atoms with Crippen LogP contribution in [0.1, 0.15) is 29.7 Å². The number of hydrogen-bond acceptors (Lipinski definition) is 4. The van der Waals surface area contributed by atoms with Crippen LogP contribution in [0.3, 0.4) is 0 Å². The van der Waals surface area contributed by atoms with Crippen LogP contribution < -0.4 is 9.46 Å². The monoisotopic (exact) mass is 403 g/mol. The smallest absolute Gasteiger partial charge is 0.416 e. The van der Waals surface area contributed by atoms with Gasteiger partial charge in [0.05, 0.1) is 18.3 Å². The molecule has 148 valence electrons. The Labute approximate surface area is 155 Å². The van der Waals surface area contributed by atoms with Crippen LogP contribution in [0.5, 0.6) is 5.75 Å². The van der Waals surface area contributed by atoms with Gasteiger partial charge in [-0.05, 0) is 49.2 Å². The molecule has 0 bridgehead atoms. The van der Waals surface area contributed by atoms with Gasteiger partial charge in [0.25, 0.3) is 0 Å². The molecule has 1 unspecified atom stereocenters. The van der Waals surface area contributed by atoms with E-state index in [-0.39, 0.29) is 22.8 Å². The Morgan fingerprint density at radius 3 is 2.33 bits per heavy atom. The van der Waals surface area contributed by atoms with Crippen molar-refractivity contribution in [1.29, 1.82) is 0 Å². The van der Waals surface area contributed by atoms with Crippen molar-refractivity contribution >= 4 is 10.0 Å². The van der Waals surface area contributed by atoms with Gasteiger partial charge >= 0.3 is 6.18 Å². The molecule has 0 aliphatic rings. The highest BCUT2D eigenvalue weighted by atomic mass is 32.2. The van der Waals surface area contributed by atoms with Gasteiger partial charge in [0, 0.05) is 6.54 Å². The van der Waals surface area contributed by atoms with Crippen molar-refractivity contribution in [2.45, 2.75) is 31.0 Å². The van der Waals surface area contributed by atoms with Crippen molar-refractivity contribution in [2.75, 3.05) is 13.2 Å². The van der Waals surface area contributed by atoms with E-state index in [2.05, 4.69) is 4.72 Å². The van der Waals surface area contributed by atoms with Crippen LogP contribution in [0.15, 0.2) is 47.4 Å². The minimum atomic E-state index is -4.48. The summed E-state index contributed by atoms with van der Waals surface area (Å²) in [6.45, 7) is 3.33. The zero-order chi connectivity index (χ0) is 20.2. The summed E-state index contributed by atoms with van der Waals surface area (Å²) in [6, 6.07) is 8.58. The Morgan fingerprint density at radius 2 is 1.78 bits per heavy atom. The summed E-state index contributed by atoms with van der Waals surface area (Å²) in [6.07, 6.45) is -5.78. The van der Waals surface area contributed by atoms with E-state index in [0.29, 0.717) is 5.56 Å². The minimum absolute atomic E-state index is 0.0658. The second kappa shape index (κ2) is 8.28. The Balaban J connectivity index is 2.14. The number of hydrogen-bond donors (Lipinski definition) is 2. The van der Waals surface area contributed by atoms with Gasteiger partial charge in [0.2, 0.25) is 10.0 Å². The molecule has 9 heteroatoms. The summed E-state index contributed by atoms with van der Waals surface area (Å²) < 4.78 is 70.4. The van der Waals surface area contributed by atoms with E-state index in [4.69, 9.17) is 4.74 Å². The first kappa shape index (κ1) is 21.2. The fraction of sp³-hybridized carbons (Fsp3) is 0.333. The van der Waals surface area contributed by atoms with Crippen molar-refractivity contribution in [3.63, 3.8) is 0 Å². The van der Waals surface area contributed by atoms with Gasteiger partial charge in [-0.1, -0.05) is 18.2 Å². The molecule has 0 aromatic heterocycles. The maximum absolute atomic E-state index is 12.6. The van der Waals surface area contributed by atoms with E-state index >= 15 is 0 Å². The summed E-state index contributed by atoms with van der Waals surface area (Å²) in [4.78, 5) is -0.0658.